The first-order valence-electron chi connectivity index (χ1n) is 9.22. The van der Waals surface area contributed by atoms with Crippen LogP contribution in [0.25, 0.3) is 0 Å². The molecule has 1 unspecified atom stereocenters. The molecule has 10 nitrogen and oxygen atoms in total. The number of hydrogen-bond donors (Lipinski definition) is 2. The van der Waals surface area contributed by atoms with Crippen molar-refractivity contribution in [2.45, 2.75) is 47.2 Å². The topological polar surface area (TPSA) is 120 Å². The quantitative estimate of drug-likeness (QED) is 0.654. The van der Waals surface area contributed by atoms with E-state index in [2.05, 4.69) is 20.6 Å². The summed E-state index contributed by atoms with van der Waals surface area (Å²) in [5, 5.41) is 25.0. The van der Waals surface area contributed by atoms with Crippen LogP contribution < -0.4 is 5.32 Å². The minimum absolute atomic E-state index is 0.142. The molecule has 0 aliphatic carbocycles. The molecule has 3 aromatic rings. The molecule has 0 aliphatic rings. The molecule has 0 spiro atoms. The van der Waals surface area contributed by atoms with Crippen LogP contribution in [-0.4, -0.2) is 46.3 Å². The number of aromatic nitrogens is 6. The average Bonchev–Trinajstić information content (AvgIpc) is 3.31. The summed E-state index contributed by atoms with van der Waals surface area (Å²) in [5.41, 5.74) is 5.38. The molecule has 154 valence electrons. The second kappa shape index (κ2) is 7.53. The average molecular weight is 399 g/mol. The van der Waals surface area contributed by atoms with Crippen LogP contribution in [0.15, 0.2) is 12.3 Å². The summed E-state index contributed by atoms with van der Waals surface area (Å²) in [6.45, 7) is 9.74. The highest BCUT2D eigenvalue weighted by Crippen LogP contribution is 2.23. The summed E-state index contributed by atoms with van der Waals surface area (Å²) in [6, 6.07) is 0.639. The number of rotatable bonds is 6. The summed E-state index contributed by atoms with van der Waals surface area (Å²) >= 11 is 0. The Labute approximate surface area is 168 Å². The fourth-order valence-electron chi connectivity index (χ4n) is 3.19. The van der Waals surface area contributed by atoms with Crippen molar-refractivity contribution >= 4 is 17.6 Å². The fourth-order valence-corrected chi connectivity index (χ4v) is 3.19. The highest BCUT2D eigenvalue weighted by molar-refractivity contribution is 6.03. The molecule has 0 saturated heterocycles. The zero-order chi connectivity index (χ0) is 21.5. The number of aliphatic carboxylic acids is 1. The zero-order valence-electron chi connectivity index (χ0n) is 17.4. The SMILES string of the molecule is Cc1nn(C)c(C)c1Cn1nc(C)c(NC(=O)c2ccn(C(C)C(=O)O)n2)c1C. The normalized spacial score (nSPS) is 12.2. The van der Waals surface area contributed by atoms with Gasteiger partial charge in [0.2, 0.25) is 0 Å². The van der Waals surface area contributed by atoms with Crippen molar-refractivity contribution in [2.24, 2.45) is 7.05 Å². The van der Waals surface area contributed by atoms with E-state index in [-0.39, 0.29) is 5.69 Å². The molecule has 3 heterocycles. The number of carbonyl (C=O) groups excluding carboxylic acids is 1. The maximum Gasteiger partial charge on any atom is 0.328 e. The molecular weight excluding hydrogens is 374 g/mol. The molecule has 1 atom stereocenters. The van der Waals surface area contributed by atoms with Gasteiger partial charge < -0.3 is 10.4 Å². The van der Waals surface area contributed by atoms with Crippen molar-refractivity contribution in [2.75, 3.05) is 5.32 Å². The molecular formula is C19H25N7O3. The predicted molar refractivity (Wildman–Crippen MR) is 106 cm³/mol. The molecule has 0 aliphatic heterocycles. The Bertz CT molecular complexity index is 1090. The first kappa shape index (κ1) is 20.3. The van der Waals surface area contributed by atoms with Crippen molar-refractivity contribution in [3.8, 4) is 0 Å². The van der Waals surface area contributed by atoms with Crippen LogP contribution in [0, 0.1) is 27.7 Å². The van der Waals surface area contributed by atoms with Crippen LogP contribution in [-0.2, 0) is 18.4 Å². The summed E-state index contributed by atoms with van der Waals surface area (Å²) in [7, 11) is 1.91. The molecule has 0 aromatic carbocycles. The van der Waals surface area contributed by atoms with Gasteiger partial charge in [-0.05, 0) is 40.7 Å². The lowest BCUT2D eigenvalue weighted by Gasteiger charge is -2.08. The summed E-state index contributed by atoms with van der Waals surface area (Å²) < 4.78 is 4.93. The Morgan fingerprint density at radius 3 is 2.38 bits per heavy atom. The lowest BCUT2D eigenvalue weighted by Crippen LogP contribution is -2.18. The maximum atomic E-state index is 12.6. The van der Waals surface area contributed by atoms with Gasteiger partial charge in [0.25, 0.3) is 5.91 Å². The van der Waals surface area contributed by atoms with E-state index in [0.717, 1.165) is 22.6 Å². The molecule has 3 rings (SSSR count). The molecule has 0 radical (unpaired) electrons. The van der Waals surface area contributed by atoms with Gasteiger partial charge in [-0.25, -0.2) is 4.79 Å². The van der Waals surface area contributed by atoms with E-state index in [1.165, 1.54) is 23.9 Å². The maximum absolute atomic E-state index is 12.6. The minimum atomic E-state index is -1.02. The second-order valence-electron chi connectivity index (χ2n) is 7.13. The van der Waals surface area contributed by atoms with Crippen LogP contribution in [0.1, 0.15) is 51.8 Å². The Balaban J connectivity index is 1.82. The smallest absolute Gasteiger partial charge is 0.328 e. The largest absolute Gasteiger partial charge is 0.480 e. The van der Waals surface area contributed by atoms with E-state index in [4.69, 9.17) is 5.11 Å². The van der Waals surface area contributed by atoms with Gasteiger partial charge in [-0.1, -0.05) is 0 Å². The van der Waals surface area contributed by atoms with Crippen molar-refractivity contribution in [3.05, 3.63) is 46.3 Å². The first-order chi connectivity index (χ1) is 13.6. The molecule has 0 fully saturated rings. The van der Waals surface area contributed by atoms with Crippen molar-refractivity contribution < 1.29 is 14.7 Å². The van der Waals surface area contributed by atoms with E-state index in [1.54, 1.807) is 0 Å². The number of carbonyl (C=O) groups is 2. The number of amides is 1. The number of carboxylic acids is 1. The van der Waals surface area contributed by atoms with E-state index in [1.807, 2.05) is 44.1 Å². The third-order valence-electron chi connectivity index (χ3n) is 5.18. The van der Waals surface area contributed by atoms with Crippen molar-refractivity contribution in [3.63, 3.8) is 0 Å². The standard InChI is InChI=1S/C19H25N7O3/c1-10-15(12(3)24(6)21-10)9-26-13(4)17(11(2)22-26)20-18(27)16-7-8-25(23-16)14(5)19(28)29/h7-8,14H,9H2,1-6H3,(H,20,27)(H,28,29). The fraction of sp³-hybridized carbons (Fsp3) is 0.421. The summed E-state index contributed by atoms with van der Waals surface area (Å²) in [5.74, 6) is -1.44. The lowest BCUT2D eigenvalue weighted by atomic mass is 10.2. The van der Waals surface area contributed by atoms with E-state index >= 15 is 0 Å². The zero-order valence-corrected chi connectivity index (χ0v) is 17.4. The van der Waals surface area contributed by atoms with Crippen LogP contribution in [0.4, 0.5) is 5.69 Å². The van der Waals surface area contributed by atoms with E-state index in [9.17, 15) is 9.59 Å². The Hall–Kier alpha value is -3.43. The molecule has 1 amide bonds. The molecule has 29 heavy (non-hydrogen) atoms. The van der Waals surface area contributed by atoms with E-state index < -0.39 is 17.9 Å². The Morgan fingerprint density at radius 2 is 1.79 bits per heavy atom. The number of anilines is 1. The van der Waals surface area contributed by atoms with Gasteiger partial charge in [0, 0.05) is 24.5 Å². The number of hydrogen-bond acceptors (Lipinski definition) is 5. The lowest BCUT2D eigenvalue weighted by molar-refractivity contribution is -0.140. The third kappa shape index (κ3) is 3.78. The third-order valence-corrected chi connectivity index (χ3v) is 5.18. The van der Waals surface area contributed by atoms with Crippen molar-refractivity contribution in [1.29, 1.82) is 0 Å². The van der Waals surface area contributed by atoms with Gasteiger partial charge in [-0.15, -0.1) is 0 Å². The minimum Gasteiger partial charge on any atom is -0.480 e. The predicted octanol–water partition coefficient (Wildman–Crippen LogP) is 1.99. The number of carboxylic acid groups (broad SMARTS) is 1. The molecule has 2 N–H and O–H groups in total. The highest BCUT2D eigenvalue weighted by atomic mass is 16.4. The summed E-state index contributed by atoms with van der Waals surface area (Å²) in [4.78, 5) is 23.7. The van der Waals surface area contributed by atoms with Crippen LogP contribution in [0.5, 0.6) is 0 Å². The van der Waals surface area contributed by atoms with Gasteiger partial charge in [-0.3, -0.25) is 18.8 Å². The van der Waals surface area contributed by atoms with Gasteiger partial charge in [0.1, 0.15) is 6.04 Å². The molecule has 10 heteroatoms. The van der Waals surface area contributed by atoms with Crippen LogP contribution >= 0.6 is 0 Å². The highest BCUT2D eigenvalue weighted by Gasteiger charge is 2.20. The monoisotopic (exact) mass is 399 g/mol. The molecule has 0 saturated carbocycles. The van der Waals surface area contributed by atoms with Gasteiger partial charge in [0.15, 0.2) is 5.69 Å². The summed E-state index contributed by atoms with van der Waals surface area (Å²) in [6.07, 6.45) is 1.48. The van der Waals surface area contributed by atoms with Gasteiger partial charge >= 0.3 is 5.97 Å². The van der Waals surface area contributed by atoms with Crippen LogP contribution in [0.3, 0.4) is 0 Å². The van der Waals surface area contributed by atoms with Gasteiger partial charge in [0.05, 0.1) is 29.3 Å². The van der Waals surface area contributed by atoms with E-state index in [0.29, 0.717) is 17.9 Å². The second-order valence-corrected chi connectivity index (χ2v) is 7.13. The number of nitrogens with zero attached hydrogens (tertiary/aromatic N) is 6. The Morgan fingerprint density at radius 1 is 1.10 bits per heavy atom. The number of nitrogens with one attached hydrogen (secondary N) is 1. The molecule has 0 bridgehead atoms. The Kier molecular flexibility index (Phi) is 5.27. The number of aryl methyl sites for hydroxylation is 3. The molecule has 3 aromatic heterocycles. The van der Waals surface area contributed by atoms with Crippen molar-refractivity contribution in [1.82, 2.24) is 29.3 Å². The first-order valence-corrected chi connectivity index (χ1v) is 9.22. The van der Waals surface area contributed by atoms with Crippen LogP contribution in [0.2, 0.25) is 0 Å². The van der Waals surface area contributed by atoms with Gasteiger partial charge in [-0.2, -0.15) is 15.3 Å².